The fraction of sp³-hybridized carbons (Fsp3) is 0.438. The first-order valence-corrected chi connectivity index (χ1v) is 7.17. The number of hydrogen-bond acceptors (Lipinski definition) is 2. The number of nitrogens with one attached hydrogen (secondary N) is 1. The average Bonchev–Trinajstić information content (AvgIpc) is 2.84. The van der Waals surface area contributed by atoms with E-state index in [-0.39, 0.29) is 0 Å². The van der Waals surface area contributed by atoms with Crippen LogP contribution in [0.2, 0.25) is 0 Å². The minimum atomic E-state index is 0.545. The van der Waals surface area contributed by atoms with Gasteiger partial charge in [-0.3, -0.25) is 4.98 Å². The first-order valence-electron chi connectivity index (χ1n) is 7.17. The van der Waals surface area contributed by atoms with Crippen molar-refractivity contribution in [3.8, 4) is 0 Å². The molecule has 1 atom stereocenters. The molecule has 1 aliphatic carbocycles. The molecular weight excluding hydrogens is 234 g/mol. The Morgan fingerprint density at radius 1 is 1.42 bits per heavy atom. The van der Waals surface area contributed by atoms with Crippen LogP contribution in [-0.4, -0.2) is 16.1 Å². The summed E-state index contributed by atoms with van der Waals surface area (Å²) in [6.07, 6.45) is 12.2. The second-order valence-corrected chi connectivity index (χ2v) is 5.27. The number of aryl methyl sites for hydroxylation is 1. The molecule has 0 saturated carbocycles. The molecule has 1 N–H and O–H groups in total. The summed E-state index contributed by atoms with van der Waals surface area (Å²) in [5, 5.41) is 3.59. The molecule has 0 spiro atoms. The summed E-state index contributed by atoms with van der Waals surface area (Å²) in [5.41, 5.74) is 4.27. The Kier molecular flexibility index (Phi) is 3.65. The maximum atomic E-state index is 4.18. The zero-order chi connectivity index (χ0) is 13.1. The highest BCUT2D eigenvalue weighted by molar-refractivity contribution is 5.31. The van der Waals surface area contributed by atoms with Crippen molar-refractivity contribution < 1.29 is 0 Å². The third kappa shape index (κ3) is 2.71. The topological polar surface area (TPSA) is 29.9 Å². The Labute approximate surface area is 114 Å². The Morgan fingerprint density at radius 3 is 3.16 bits per heavy atom. The Morgan fingerprint density at radius 2 is 2.37 bits per heavy atom. The fourth-order valence-corrected chi connectivity index (χ4v) is 3.00. The van der Waals surface area contributed by atoms with Gasteiger partial charge in [0, 0.05) is 37.4 Å². The van der Waals surface area contributed by atoms with Gasteiger partial charge in [0.2, 0.25) is 0 Å². The van der Waals surface area contributed by atoms with E-state index in [0.29, 0.717) is 6.04 Å². The highest BCUT2D eigenvalue weighted by Gasteiger charge is 2.21. The summed E-state index contributed by atoms with van der Waals surface area (Å²) in [5.74, 6) is 0. The smallest absolute Gasteiger partial charge is 0.0485 e. The number of aromatic nitrogens is 2. The third-order valence-electron chi connectivity index (χ3n) is 3.85. The molecule has 3 heteroatoms. The second kappa shape index (κ2) is 5.57. The zero-order valence-corrected chi connectivity index (χ0v) is 11.5. The lowest BCUT2D eigenvalue weighted by Crippen LogP contribution is -2.23. The molecule has 2 aromatic heterocycles. The molecule has 19 heavy (non-hydrogen) atoms. The molecule has 3 nitrogen and oxygen atoms in total. The SMILES string of the molecule is CCNC1CCCc2cn(Cc3cccnc3)cc21. The van der Waals surface area contributed by atoms with Gasteiger partial charge in [-0.2, -0.15) is 0 Å². The molecule has 0 radical (unpaired) electrons. The van der Waals surface area contributed by atoms with Crippen LogP contribution < -0.4 is 5.32 Å². The summed E-state index contributed by atoms with van der Waals surface area (Å²) in [6.45, 7) is 4.14. The first-order chi connectivity index (χ1) is 9.36. The number of fused-ring (bicyclic) bond motifs is 1. The van der Waals surface area contributed by atoms with Gasteiger partial charge in [-0.25, -0.2) is 0 Å². The fourth-order valence-electron chi connectivity index (χ4n) is 3.00. The quantitative estimate of drug-likeness (QED) is 0.910. The lowest BCUT2D eigenvalue weighted by atomic mass is 9.91. The first kappa shape index (κ1) is 12.4. The van der Waals surface area contributed by atoms with E-state index in [1.807, 2.05) is 18.5 Å². The van der Waals surface area contributed by atoms with E-state index in [4.69, 9.17) is 0 Å². The average molecular weight is 255 g/mol. The van der Waals surface area contributed by atoms with Gasteiger partial charge in [0.05, 0.1) is 0 Å². The van der Waals surface area contributed by atoms with Gasteiger partial charge in [0.25, 0.3) is 0 Å². The van der Waals surface area contributed by atoms with Crippen LogP contribution >= 0.6 is 0 Å². The standard InChI is InChI=1S/C16H21N3/c1-2-18-16-7-3-6-14-11-19(12-15(14)16)10-13-5-4-8-17-9-13/h4-5,8-9,11-12,16,18H,2-3,6-7,10H2,1H3. The minimum Gasteiger partial charge on any atom is -0.349 e. The summed E-state index contributed by atoms with van der Waals surface area (Å²) in [7, 11) is 0. The molecule has 0 fully saturated rings. The molecule has 0 aromatic carbocycles. The summed E-state index contributed by atoms with van der Waals surface area (Å²) < 4.78 is 2.30. The predicted molar refractivity (Wildman–Crippen MR) is 77.1 cm³/mol. The van der Waals surface area contributed by atoms with E-state index in [2.05, 4.69) is 40.3 Å². The van der Waals surface area contributed by atoms with Gasteiger partial charge in [-0.15, -0.1) is 0 Å². The second-order valence-electron chi connectivity index (χ2n) is 5.27. The molecule has 100 valence electrons. The van der Waals surface area contributed by atoms with Crippen LogP contribution in [0.1, 0.15) is 42.5 Å². The van der Waals surface area contributed by atoms with E-state index in [1.165, 1.54) is 36.0 Å². The van der Waals surface area contributed by atoms with Gasteiger partial charge < -0.3 is 9.88 Å². The van der Waals surface area contributed by atoms with E-state index < -0.39 is 0 Å². The Hall–Kier alpha value is -1.61. The van der Waals surface area contributed by atoms with Crippen LogP contribution in [0.25, 0.3) is 0 Å². The van der Waals surface area contributed by atoms with Crippen molar-refractivity contribution in [3.05, 3.63) is 53.6 Å². The number of rotatable bonds is 4. The van der Waals surface area contributed by atoms with E-state index >= 15 is 0 Å². The van der Waals surface area contributed by atoms with Crippen molar-refractivity contribution >= 4 is 0 Å². The summed E-state index contributed by atoms with van der Waals surface area (Å²) in [6, 6.07) is 4.68. The lowest BCUT2D eigenvalue weighted by Gasteiger charge is -2.22. The predicted octanol–water partition coefficient (Wildman–Crippen LogP) is 2.92. The van der Waals surface area contributed by atoms with Crippen molar-refractivity contribution in [2.75, 3.05) is 6.54 Å². The molecule has 2 aromatic rings. The summed E-state index contributed by atoms with van der Waals surface area (Å²) >= 11 is 0. The van der Waals surface area contributed by atoms with Crippen LogP contribution in [0, 0.1) is 0 Å². The number of nitrogens with zero attached hydrogens (tertiary/aromatic N) is 2. The molecule has 3 rings (SSSR count). The van der Waals surface area contributed by atoms with Crippen molar-refractivity contribution in [3.63, 3.8) is 0 Å². The Balaban J connectivity index is 1.81. The molecule has 0 saturated heterocycles. The monoisotopic (exact) mass is 255 g/mol. The Bertz CT molecular complexity index is 530. The van der Waals surface area contributed by atoms with Gasteiger partial charge in [-0.1, -0.05) is 13.0 Å². The summed E-state index contributed by atoms with van der Waals surface area (Å²) in [4.78, 5) is 4.18. The molecule has 1 unspecified atom stereocenters. The largest absolute Gasteiger partial charge is 0.349 e. The molecule has 0 bridgehead atoms. The number of pyridine rings is 1. The van der Waals surface area contributed by atoms with Crippen molar-refractivity contribution in [2.24, 2.45) is 0 Å². The molecule has 2 heterocycles. The van der Waals surface area contributed by atoms with Gasteiger partial charge in [0.1, 0.15) is 0 Å². The maximum Gasteiger partial charge on any atom is 0.0485 e. The van der Waals surface area contributed by atoms with E-state index in [1.54, 1.807) is 0 Å². The zero-order valence-electron chi connectivity index (χ0n) is 11.5. The maximum absolute atomic E-state index is 4.18. The molecule has 0 aliphatic heterocycles. The highest BCUT2D eigenvalue weighted by Crippen LogP contribution is 2.30. The third-order valence-corrected chi connectivity index (χ3v) is 3.85. The van der Waals surface area contributed by atoms with Gasteiger partial charge in [0.15, 0.2) is 0 Å². The van der Waals surface area contributed by atoms with Crippen molar-refractivity contribution in [2.45, 2.75) is 38.8 Å². The normalized spacial score (nSPS) is 18.3. The van der Waals surface area contributed by atoms with Crippen LogP contribution in [-0.2, 0) is 13.0 Å². The van der Waals surface area contributed by atoms with Crippen molar-refractivity contribution in [1.82, 2.24) is 14.9 Å². The van der Waals surface area contributed by atoms with E-state index in [9.17, 15) is 0 Å². The lowest BCUT2D eigenvalue weighted by molar-refractivity contribution is 0.473. The van der Waals surface area contributed by atoms with Crippen LogP contribution in [0.3, 0.4) is 0 Å². The number of hydrogen-bond donors (Lipinski definition) is 1. The molecule has 0 amide bonds. The minimum absolute atomic E-state index is 0.545. The molecular formula is C16H21N3. The van der Waals surface area contributed by atoms with Gasteiger partial charge >= 0.3 is 0 Å². The van der Waals surface area contributed by atoms with Crippen LogP contribution in [0.5, 0.6) is 0 Å². The van der Waals surface area contributed by atoms with Crippen LogP contribution in [0.15, 0.2) is 36.9 Å². The highest BCUT2D eigenvalue weighted by atomic mass is 15.0. The van der Waals surface area contributed by atoms with Crippen molar-refractivity contribution in [1.29, 1.82) is 0 Å². The molecule has 1 aliphatic rings. The van der Waals surface area contributed by atoms with E-state index in [0.717, 1.165) is 13.1 Å². The van der Waals surface area contributed by atoms with Gasteiger partial charge in [-0.05, 0) is 48.6 Å². The van der Waals surface area contributed by atoms with Crippen LogP contribution in [0.4, 0.5) is 0 Å².